The van der Waals surface area contributed by atoms with Crippen LogP contribution in [-0.2, 0) is 0 Å². The highest BCUT2D eigenvalue weighted by atomic mass is 35.5. The van der Waals surface area contributed by atoms with Gasteiger partial charge in [-0.15, -0.1) is 0 Å². The van der Waals surface area contributed by atoms with Gasteiger partial charge in [0.1, 0.15) is 0 Å². The van der Waals surface area contributed by atoms with Gasteiger partial charge in [0.05, 0.1) is 30.8 Å². The molecule has 1 aliphatic rings. The summed E-state index contributed by atoms with van der Waals surface area (Å²) < 4.78 is 10.7. The molecule has 0 N–H and O–H groups in total. The van der Waals surface area contributed by atoms with E-state index in [9.17, 15) is 4.79 Å². The number of carbonyl (C=O) groups is 1. The van der Waals surface area contributed by atoms with Crippen LogP contribution in [0.4, 0.5) is 0 Å². The zero-order chi connectivity index (χ0) is 17.1. The van der Waals surface area contributed by atoms with Crippen molar-refractivity contribution in [2.24, 2.45) is 0 Å². The predicted octanol–water partition coefficient (Wildman–Crippen LogP) is 4.33. The average molecular weight is 346 g/mol. The van der Waals surface area contributed by atoms with Crippen LogP contribution < -0.4 is 9.47 Å². The molecule has 126 valence electrons. The minimum absolute atomic E-state index is 0.0218. The Labute approximate surface area is 146 Å². The van der Waals surface area contributed by atoms with Crippen molar-refractivity contribution in [3.63, 3.8) is 0 Å². The van der Waals surface area contributed by atoms with Crippen LogP contribution in [0.3, 0.4) is 0 Å². The van der Waals surface area contributed by atoms with Gasteiger partial charge in [0.15, 0.2) is 11.5 Å². The Balaban J connectivity index is 1.91. The van der Waals surface area contributed by atoms with Gasteiger partial charge in [-0.2, -0.15) is 0 Å². The fraction of sp³-hybridized carbons (Fsp3) is 0.316. The summed E-state index contributed by atoms with van der Waals surface area (Å²) in [6.07, 6.45) is 1.89. The summed E-state index contributed by atoms with van der Waals surface area (Å²) in [7, 11) is 3.23. The summed E-state index contributed by atoms with van der Waals surface area (Å²) in [5, 5.41) is 0.487. The Morgan fingerprint density at radius 1 is 1.12 bits per heavy atom. The van der Waals surface area contributed by atoms with E-state index in [1.807, 2.05) is 35.2 Å². The molecular formula is C19H20ClNO3. The Morgan fingerprint density at radius 2 is 1.88 bits per heavy atom. The van der Waals surface area contributed by atoms with Crippen LogP contribution in [0.5, 0.6) is 11.5 Å². The van der Waals surface area contributed by atoms with Crippen molar-refractivity contribution in [1.29, 1.82) is 0 Å². The first-order chi connectivity index (χ1) is 11.7. The molecule has 0 unspecified atom stereocenters. The number of nitrogens with zero attached hydrogens (tertiary/aromatic N) is 1. The molecule has 2 aromatic rings. The van der Waals surface area contributed by atoms with E-state index < -0.39 is 0 Å². The lowest BCUT2D eigenvalue weighted by Gasteiger charge is -2.26. The smallest absolute Gasteiger partial charge is 0.255 e. The molecular weight excluding hydrogens is 326 g/mol. The fourth-order valence-corrected chi connectivity index (χ4v) is 3.42. The van der Waals surface area contributed by atoms with Gasteiger partial charge >= 0.3 is 0 Å². The van der Waals surface area contributed by atoms with Crippen molar-refractivity contribution in [2.75, 3.05) is 20.8 Å². The van der Waals surface area contributed by atoms with E-state index in [1.165, 1.54) is 0 Å². The van der Waals surface area contributed by atoms with Crippen LogP contribution in [0.1, 0.15) is 34.8 Å². The van der Waals surface area contributed by atoms with Crippen LogP contribution in [0.2, 0.25) is 5.02 Å². The van der Waals surface area contributed by atoms with Gasteiger partial charge in [0, 0.05) is 6.54 Å². The van der Waals surface area contributed by atoms with Crippen LogP contribution in [0, 0.1) is 0 Å². The Morgan fingerprint density at radius 3 is 2.58 bits per heavy atom. The Hall–Kier alpha value is -2.20. The largest absolute Gasteiger partial charge is 0.493 e. The lowest BCUT2D eigenvalue weighted by Crippen LogP contribution is -2.30. The molecule has 1 saturated heterocycles. The third kappa shape index (κ3) is 3.06. The van der Waals surface area contributed by atoms with E-state index in [4.69, 9.17) is 21.1 Å². The van der Waals surface area contributed by atoms with Gasteiger partial charge in [0.2, 0.25) is 0 Å². The van der Waals surface area contributed by atoms with Crippen molar-refractivity contribution in [2.45, 2.75) is 18.9 Å². The molecule has 3 rings (SSSR count). The normalized spacial score (nSPS) is 17.0. The van der Waals surface area contributed by atoms with Gasteiger partial charge in [-0.1, -0.05) is 29.8 Å². The average Bonchev–Trinajstić information content (AvgIpc) is 3.10. The number of halogens is 1. The number of carbonyl (C=O) groups excluding carboxylic acids is 1. The van der Waals surface area contributed by atoms with E-state index in [0.717, 1.165) is 24.9 Å². The first-order valence-corrected chi connectivity index (χ1v) is 8.31. The van der Waals surface area contributed by atoms with Crippen LogP contribution in [0.15, 0.2) is 42.5 Å². The lowest BCUT2D eigenvalue weighted by molar-refractivity contribution is 0.0735. The summed E-state index contributed by atoms with van der Waals surface area (Å²) in [4.78, 5) is 14.8. The van der Waals surface area contributed by atoms with Gasteiger partial charge in [-0.3, -0.25) is 4.79 Å². The van der Waals surface area contributed by atoms with Crippen molar-refractivity contribution in [1.82, 2.24) is 4.90 Å². The number of methoxy groups -OCH3 is 2. The number of amides is 1. The number of hydrogen-bond acceptors (Lipinski definition) is 3. The van der Waals surface area contributed by atoms with Gasteiger partial charge in [-0.05, 0) is 42.7 Å². The molecule has 0 aliphatic carbocycles. The number of benzene rings is 2. The second-order valence-corrected chi connectivity index (χ2v) is 6.16. The maximum Gasteiger partial charge on any atom is 0.255 e. The zero-order valence-corrected chi connectivity index (χ0v) is 14.5. The summed E-state index contributed by atoms with van der Waals surface area (Å²) in [5.41, 5.74) is 1.59. The molecule has 1 fully saturated rings. The second kappa shape index (κ2) is 7.14. The fourth-order valence-electron chi connectivity index (χ4n) is 3.21. The molecule has 2 aromatic carbocycles. The monoisotopic (exact) mass is 345 g/mol. The standard InChI is InChI=1S/C19H20ClNO3/c1-23-17-10-9-13(12-18(17)24-2)16-8-5-11-21(16)19(22)14-6-3-4-7-15(14)20/h3-4,6-7,9-10,12,16H,5,8,11H2,1-2H3/t16-/m1/s1. The van der Waals surface area contributed by atoms with Crippen molar-refractivity contribution >= 4 is 17.5 Å². The van der Waals surface area contributed by atoms with Gasteiger partial charge < -0.3 is 14.4 Å². The van der Waals surface area contributed by atoms with Crippen molar-refractivity contribution in [3.05, 3.63) is 58.6 Å². The molecule has 1 amide bonds. The number of hydrogen-bond donors (Lipinski definition) is 0. The number of rotatable bonds is 4. The highest BCUT2D eigenvalue weighted by molar-refractivity contribution is 6.33. The van der Waals surface area contributed by atoms with E-state index in [2.05, 4.69) is 0 Å². The molecule has 0 bridgehead atoms. The molecule has 4 nitrogen and oxygen atoms in total. The Kier molecular flexibility index (Phi) is 4.95. The molecule has 0 radical (unpaired) electrons. The quantitative estimate of drug-likeness (QED) is 0.827. The summed E-state index contributed by atoms with van der Waals surface area (Å²) in [5.74, 6) is 1.33. The third-order valence-electron chi connectivity index (χ3n) is 4.41. The van der Waals surface area contributed by atoms with E-state index in [0.29, 0.717) is 22.1 Å². The summed E-state index contributed by atoms with van der Waals surface area (Å²) >= 11 is 6.19. The number of ether oxygens (including phenoxy) is 2. The van der Waals surface area contributed by atoms with E-state index >= 15 is 0 Å². The minimum Gasteiger partial charge on any atom is -0.493 e. The van der Waals surface area contributed by atoms with Gasteiger partial charge in [0.25, 0.3) is 5.91 Å². The maximum absolute atomic E-state index is 12.9. The second-order valence-electron chi connectivity index (χ2n) is 5.75. The molecule has 0 saturated carbocycles. The number of likely N-dealkylation sites (tertiary alicyclic amines) is 1. The molecule has 1 aliphatic heterocycles. The first kappa shape index (κ1) is 16.7. The molecule has 5 heteroatoms. The Bertz CT molecular complexity index is 747. The molecule has 1 atom stereocenters. The summed E-state index contributed by atoms with van der Waals surface area (Å²) in [6.45, 7) is 0.725. The summed E-state index contributed by atoms with van der Waals surface area (Å²) in [6, 6.07) is 13.0. The molecule has 0 aromatic heterocycles. The lowest BCUT2D eigenvalue weighted by atomic mass is 10.0. The molecule has 0 spiro atoms. The first-order valence-electron chi connectivity index (χ1n) is 7.93. The van der Waals surface area contributed by atoms with Crippen LogP contribution >= 0.6 is 11.6 Å². The molecule has 1 heterocycles. The zero-order valence-electron chi connectivity index (χ0n) is 13.8. The van der Waals surface area contributed by atoms with Crippen molar-refractivity contribution < 1.29 is 14.3 Å². The van der Waals surface area contributed by atoms with E-state index in [1.54, 1.807) is 26.4 Å². The van der Waals surface area contributed by atoms with Crippen LogP contribution in [0.25, 0.3) is 0 Å². The van der Waals surface area contributed by atoms with Crippen LogP contribution in [-0.4, -0.2) is 31.6 Å². The minimum atomic E-state index is -0.0297. The van der Waals surface area contributed by atoms with Gasteiger partial charge in [-0.25, -0.2) is 0 Å². The maximum atomic E-state index is 12.9. The molecule has 24 heavy (non-hydrogen) atoms. The highest BCUT2D eigenvalue weighted by Crippen LogP contribution is 2.38. The predicted molar refractivity (Wildman–Crippen MR) is 94.0 cm³/mol. The SMILES string of the molecule is COc1ccc([C@H]2CCCN2C(=O)c2ccccc2Cl)cc1OC. The highest BCUT2D eigenvalue weighted by Gasteiger charge is 2.31. The topological polar surface area (TPSA) is 38.8 Å². The van der Waals surface area contributed by atoms with Crippen molar-refractivity contribution in [3.8, 4) is 11.5 Å². The van der Waals surface area contributed by atoms with E-state index in [-0.39, 0.29) is 11.9 Å². The third-order valence-corrected chi connectivity index (χ3v) is 4.74.